The Balaban J connectivity index is 1.68. The number of benzene rings is 1. The molecule has 1 aromatic rings. The maximum Gasteiger partial charge on any atom is 0.0914 e. The highest BCUT2D eigenvalue weighted by Crippen LogP contribution is 2.17. The molecule has 1 heterocycles. The lowest BCUT2D eigenvalue weighted by Gasteiger charge is -2.14. The van der Waals surface area contributed by atoms with Gasteiger partial charge >= 0.3 is 0 Å². The Hall–Kier alpha value is -0.900. The van der Waals surface area contributed by atoms with Crippen molar-refractivity contribution in [3.8, 4) is 0 Å². The van der Waals surface area contributed by atoms with Crippen molar-refractivity contribution in [1.82, 2.24) is 5.32 Å². The summed E-state index contributed by atoms with van der Waals surface area (Å²) in [6.45, 7) is 7.84. The Bertz CT molecular complexity index is 396. The zero-order chi connectivity index (χ0) is 15.1. The zero-order valence-corrected chi connectivity index (χ0v) is 13.3. The predicted molar refractivity (Wildman–Crippen MR) is 86.4 cm³/mol. The van der Waals surface area contributed by atoms with Gasteiger partial charge in [0, 0.05) is 19.8 Å². The van der Waals surface area contributed by atoms with E-state index in [-0.39, 0.29) is 0 Å². The first-order valence-electron chi connectivity index (χ1n) is 8.20. The topological polar surface area (TPSA) is 41.5 Å². The maximum absolute atomic E-state index is 10.2. The van der Waals surface area contributed by atoms with Crippen molar-refractivity contribution in [2.45, 2.75) is 39.2 Å². The van der Waals surface area contributed by atoms with Crippen LogP contribution in [0.2, 0.25) is 0 Å². The average Bonchev–Trinajstić information content (AvgIpc) is 2.97. The maximum atomic E-state index is 10.2. The first-order valence-corrected chi connectivity index (χ1v) is 8.20. The van der Waals surface area contributed by atoms with Crippen LogP contribution in [0.3, 0.4) is 0 Å². The summed E-state index contributed by atoms with van der Waals surface area (Å²) in [6.07, 6.45) is 3.00. The standard InChI is InChI=1S/C18H29NO2/c1-14(2)11-15-3-5-17(6-4-15)18(20)12-19-9-7-16-8-10-21-13-16/h3-6,14,16,18-20H,7-13H2,1-2H3. The Kier molecular flexibility index (Phi) is 6.68. The van der Waals surface area contributed by atoms with E-state index in [9.17, 15) is 5.11 Å². The Morgan fingerprint density at radius 3 is 2.67 bits per heavy atom. The Morgan fingerprint density at radius 1 is 1.29 bits per heavy atom. The summed E-state index contributed by atoms with van der Waals surface area (Å²) in [5.74, 6) is 1.37. The van der Waals surface area contributed by atoms with E-state index in [1.807, 2.05) is 0 Å². The molecule has 2 unspecified atom stereocenters. The van der Waals surface area contributed by atoms with Crippen molar-refractivity contribution in [2.75, 3.05) is 26.3 Å². The summed E-state index contributed by atoms with van der Waals surface area (Å²) in [7, 11) is 0. The van der Waals surface area contributed by atoms with Gasteiger partial charge in [0.1, 0.15) is 0 Å². The predicted octanol–water partition coefficient (Wildman–Crippen LogP) is 2.93. The fourth-order valence-electron chi connectivity index (χ4n) is 2.82. The highest BCUT2D eigenvalue weighted by Gasteiger charge is 2.15. The van der Waals surface area contributed by atoms with E-state index in [1.165, 1.54) is 12.0 Å². The van der Waals surface area contributed by atoms with Crippen LogP contribution in [-0.4, -0.2) is 31.4 Å². The second-order valence-electron chi connectivity index (χ2n) is 6.58. The summed E-state index contributed by atoms with van der Waals surface area (Å²) >= 11 is 0. The fraction of sp³-hybridized carbons (Fsp3) is 0.667. The third-order valence-corrected chi connectivity index (χ3v) is 4.10. The van der Waals surface area contributed by atoms with Crippen molar-refractivity contribution in [3.63, 3.8) is 0 Å². The van der Waals surface area contributed by atoms with Crippen LogP contribution in [0.15, 0.2) is 24.3 Å². The summed E-state index contributed by atoms with van der Waals surface area (Å²) in [4.78, 5) is 0. The van der Waals surface area contributed by atoms with Crippen LogP contribution in [0.25, 0.3) is 0 Å². The van der Waals surface area contributed by atoms with Crippen molar-refractivity contribution in [2.24, 2.45) is 11.8 Å². The highest BCUT2D eigenvalue weighted by atomic mass is 16.5. The molecule has 3 heteroatoms. The van der Waals surface area contributed by atoms with E-state index in [0.717, 1.165) is 38.2 Å². The molecule has 1 saturated heterocycles. The first kappa shape index (κ1) is 16.5. The lowest BCUT2D eigenvalue weighted by Crippen LogP contribution is -2.24. The van der Waals surface area contributed by atoms with E-state index in [4.69, 9.17) is 4.74 Å². The second-order valence-corrected chi connectivity index (χ2v) is 6.58. The fourth-order valence-corrected chi connectivity index (χ4v) is 2.82. The molecule has 0 saturated carbocycles. The molecule has 0 bridgehead atoms. The quantitative estimate of drug-likeness (QED) is 0.724. The first-order chi connectivity index (χ1) is 10.1. The summed E-state index contributed by atoms with van der Waals surface area (Å²) in [5, 5.41) is 13.5. The molecule has 0 radical (unpaired) electrons. The molecule has 0 amide bonds. The minimum atomic E-state index is -0.419. The third-order valence-electron chi connectivity index (χ3n) is 4.10. The molecule has 21 heavy (non-hydrogen) atoms. The van der Waals surface area contributed by atoms with Gasteiger partial charge in [-0.3, -0.25) is 0 Å². The molecule has 3 nitrogen and oxygen atoms in total. The Morgan fingerprint density at radius 2 is 2.05 bits per heavy atom. The molecule has 1 aliphatic rings. The van der Waals surface area contributed by atoms with Gasteiger partial charge in [0.25, 0.3) is 0 Å². The molecular formula is C18H29NO2. The van der Waals surface area contributed by atoms with Crippen LogP contribution >= 0.6 is 0 Å². The van der Waals surface area contributed by atoms with Crippen LogP contribution in [0.5, 0.6) is 0 Å². The van der Waals surface area contributed by atoms with E-state index >= 15 is 0 Å². The van der Waals surface area contributed by atoms with E-state index in [0.29, 0.717) is 18.4 Å². The molecule has 1 fully saturated rings. The lowest BCUT2D eigenvalue weighted by atomic mass is 10.00. The van der Waals surface area contributed by atoms with Crippen LogP contribution < -0.4 is 5.32 Å². The largest absolute Gasteiger partial charge is 0.387 e. The van der Waals surface area contributed by atoms with Gasteiger partial charge in [-0.2, -0.15) is 0 Å². The van der Waals surface area contributed by atoms with Gasteiger partial charge in [-0.05, 0) is 48.8 Å². The number of hydrogen-bond acceptors (Lipinski definition) is 3. The van der Waals surface area contributed by atoms with Gasteiger partial charge in [-0.15, -0.1) is 0 Å². The number of hydrogen-bond donors (Lipinski definition) is 2. The van der Waals surface area contributed by atoms with Gasteiger partial charge < -0.3 is 15.2 Å². The lowest BCUT2D eigenvalue weighted by molar-refractivity contribution is 0.171. The molecule has 0 aliphatic carbocycles. The number of ether oxygens (including phenoxy) is 1. The number of rotatable bonds is 8. The van der Waals surface area contributed by atoms with E-state index in [1.54, 1.807) is 0 Å². The van der Waals surface area contributed by atoms with Crippen LogP contribution in [0.1, 0.15) is 43.9 Å². The van der Waals surface area contributed by atoms with Crippen molar-refractivity contribution < 1.29 is 9.84 Å². The monoisotopic (exact) mass is 291 g/mol. The van der Waals surface area contributed by atoms with E-state index < -0.39 is 6.10 Å². The van der Waals surface area contributed by atoms with Gasteiger partial charge in [0.05, 0.1) is 6.10 Å². The molecule has 2 N–H and O–H groups in total. The van der Waals surface area contributed by atoms with E-state index in [2.05, 4.69) is 43.4 Å². The zero-order valence-electron chi connectivity index (χ0n) is 13.3. The number of aliphatic hydroxyl groups excluding tert-OH is 1. The summed E-state index contributed by atoms with van der Waals surface area (Å²) < 4.78 is 5.37. The van der Waals surface area contributed by atoms with Gasteiger partial charge in [-0.1, -0.05) is 38.1 Å². The number of aliphatic hydroxyl groups is 1. The average molecular weight is 291 g/mol. The minimum absolute atomic E-state index is 0.419. The van der Waals surface area contributed by atoms with Gasteiger partial charge in [-0.25, -0.2) is 0 Å². The normalized spacial score (nSPS) is 20.1. The van der Waals surface area contributed by atoms with Crippen molar-refractivity contribution >= 4 is 0 Å². The molecule has 1 aromatic carbocycles. The summed E-state index contributed by atoms with van der Waals surface area (Å²) in [5.41, 5.74) is 2.34. The molecule has 0 spiro atoms. The minimum Gasteiger partial charge on any atom is -0.387 e. The van der Waals surface area contributed by atoms with Crippen LogP contribution in [0, 0.1) is 11.8 Å². The Labute approximate surface area is 128 Å². The molecule has 118 valence electrons. The smallest absolute Gasteiger partial charge is 0.0914 e. The van der Waals surface area contributed by atoms with Crippen LogP contribution in [0.4, 0.5) is 0 Å². The van der Waals surface area contributed by atoms with Crippen molar-refractivity contribution in [1.29, 1.82) is 0 Å². The van der Waals surface area contributed by atoms with Crippen LogP contribution in [-0.2, 0) is 11.2 Å². The molecule has 1 aliphatic heterocycles. The van der Waals surface area contributed by atoms with Gasteiger partial charge in [0.15, 0.2) is 0 Å². The molecule has 2 atom stereocenters. The third kappa shape index (κ3) is 5.77. The SMILES string of the molecule is CC(C)Cc1ccc(C(O)CNCCC2CCOC2)cc1. The van der Waals surface area contributed by atoms with Crippen molar-refractivity contribution in [3.05, 3.63) is 35.4 Å². The highest BCUT2D eigenvalue weighted by molar-refractivity contribution is 5.24. The molecule has 0 aromatic heterocycles. The second kappa shape index (κ2) is 8.52. The summed E-state index contributed by atoms with van der Waals surface area (Å²) in [6, 6.07) is 8.37. The van der Waals surface area contributed by atoms with Gasteiger partial charge in [0.2, 0.25) is 0 Å². The molecule has 2 rings (SSSR count). The number of nitrogens with one attached hydrogen (secondary N) is 1. The molecular weight excluding hydrogens is 262 g/mol.